The summed E-state index contributed by atoms with van der Waals surface area (Å²) in [6.07, 6.45) is 4.67. The second-order valence-electron chi connectivity index (χ2n) is 5.87. The zero-order valence-electron chi connectivity index (χ0n) is 15.0. The highest BCUT2D eigenvalue weighted by atomic mass is 32.1. The van der Waals surface area contributed by atoms with E-state index in [-0.39, 0.29) is 23.9 Å². The van der Waals surface area contributed by atoms with Crippen LogP contribution in [0.5, 0.6) is 11.6 Å². The highest BCUT2D eigenvalue weighted by Gasteiger charge is 2.17. The van der Waals surface area contributed by atoms with Crippen molar-refractivity contribution >= 4 is 17.3 Å². The topological polar surface area (TPSA) is 74.2 Å². The van der Waals surface area contributed by atoms with E-state index in [0.717, 1.165) is 10.6 Å². The van der Waals surface area contributed by atoms with Gasteiger partial charge in [-0.15, -0.1) is 11.3 Å². The molecule has 0 bridgehead atoms. The number of aromatic nitrogens is 3. The fraction of sp³-hybridized carbons (Fsp3) is 0.0476. The predicted molar refractivity (Wildman–Crippen MR) is 105 cm³/mol. The number of ether oxygens (including phenoxy) is 2. The van der Waals surface area contributed by atoms with Crippen molar-refractivity contribution in [2.24, 2.45) is 0 Å². The first-order chi connectivity index (χ1) is 14.2. The van der Waals surface area contributed by atoms with Crippen molar-refractivity contribution in [1.82, 2.24) is 15.0 Å². The minimum Gasteiger partial charge on any atom is -0.455 e. The lowest BCUT2D eigenvalue weighted by Crippen LogP contribution is -2.08. The number of benzene rings is 1. The molecule has 29 heavy (non-hydrogen) atoms. The maximum Gasteiger partial charge on any atom is 0.344 e. The molecule has 0 aliphatic heterocycles. The molecule has 0 radical (unpaired) electrons. The summed E-state index contributed by atoms with van der Waals surface area (Å²) in [6.45, 7) is -0.00223. The van der Waals surface area contributed by atoms with E-state index in [9.17, 15) is 9.18 Å². The average molecular weight is 407 g/mol. The number of nitrogens with zero attached hydrogens (tertiary/aromatic N) is 3. The van der Waals surface area contributed by atoms with Gasteiger partial charge in [0, 0.05) is 23.3 Å². The number of thiazole rings is 1. The zero-order chi connectivity index (χ0) is 20.1. The van der Waals surface area contributed by atoms with Gasteiger partial charge in [-0.05, 0) is 48.5 Å². The number of hydrogen-bond acceptors (Lipinski definition) is 7. The Morgan fingerprint density at radius 3 is 2.69 bits per heavy atom. The van der Waals surface area contributed by atoms with E-state index < -0.39 is 5.97 Å². The van der Waals surface area contributed by atoms with Crippen LogP contribution in [-0.2, 0) is 11.3 Å². The lowest BCUT2D eigenvalue weighted by Gasteiger charge is -2.09. The molecular formula is C21H14FN3O3S. The number of pyridine rings is 2. The summed E-state index contributed by atoms with van der Waals surface area (Å²) in [5.41, 5.74) is 1.60. The summed E-state index contributed by atoms with van der Waals surface area (Å²) in [5.74, 6) is -0.284. The molecule has 4 aromatic rings. The summed E-state index contributed by atoms with van der Waals surface area (Å²) in [5, 5.41) is 2.51. The van der Waals surface area contributed by atoms with Gasteiger partial charge < -0.3 is 9.47 Å². The monoisotopic (exact) mass is 407 g/mol. The smallest absolute Gasteiger partial charge is 0.344 e. The molecule has 144 valence electrons. The number of esters is 1. The Labute approximate surface area is 169 Å². The van der Waals surface area contributed by atoms with Crippen molar-refractivity contribution in [2.75, 3.05) is 0 Å². The lowest BCUT2D eigenvalue weighted by molar-refractivity contribution is 0.0465. The van der Waals surface area contributed by atoms with Gasteiger partial charge in [0.15, 0.2) is 0 Å². The van der Waals surface area contributed by atoms with Gasteiger partial charge in [0.2, 0.25) is 5.88 Å². The maximum absolute atomic E-state index is 13.1. The second-order valence-corrected chi connectivity index (χ2v) is 6.73. The Balaban J connectivity index is 1.43. The fourth-order valence-electron chi connectivity index (χ4n) is 2.46. The van der Waals surface area contributed by atoms with Crippen LogP contribution < -0.4 is 4.74 Å². The van der Waals surface area contributed by atoms with Crippen molar-refractivity contribution in [3.8, 4) is 22.2 Å². The molecule has 4 rings (SSSR count). The zero-order valence-corrected chi connectivity index (χ0v) is 15.8. The Hall–Kier alpha value is -3.65. The molecule has 0 atom stereocenters. The molecule has 0 unspecified atom stereocenters. The number of hydrogen-bond donors (Lipinski definition) is 0. The van der Waals surface area contributed by atoms with Gasteiger partial charge in [0.05, 0.1) is 11.9 Å². The first kappa shape index (κ1) is 18.7. The van der Waals surface area contributed by atoms with Crippen molar-refractivity contribution in [3.63, 3.8) is 0 Å². The Bertz CT molecular complexity index is 1120. The maximum atomic E-state index is 13.1. The third kappa shape index (κ3) is 4.61. The Morgan fingerprint density at radius 1 is 1.07 bits per heavy atom. The third-order valence-corrected chi connectivity index (χ3v) is 4.77. The minimum absolute atomic E-state index is 0.00223. The molecule has 1 aromatic carbocycles. The molecule has 0 saturated heterocycles. The molecule has 0 saturated carbocycles. The van der Waals surface area contributed by atoms with E-state index in [2.05, 4.69) is 15.0 Å². The number of carbonyl (C=O) groups excluding carboxylic acids is 1. The van der Waals surface area contributed by atoms with Crippen LogP contribution >= 0.6 is 11.3 Å². The summed E-state index contributed by atoms with van der Waals surface area (Å²) in [4.78, 5) is 25.0. The Morgan fingerprint density at radius 2 is 1.90 bits per heavy atom. The van der Waals surface area contributed by atoms with Crippen LogP contribution in [0.4, 0.5) is 4.39 Å². The molecule has 0 aliphatic carbocycles. The first-order valence-electron chi connectivity index (χ1n) is 8.59. The Kier molecular flexibility index (Phi) is 5.53. The van der Waals surface area contributed by atoms with Crippen molar-refractivity contribution in [2.45, 2.75) is 6.61 Å². The largest absolute Gasteiger partial charge is 0.455 e. The van der Waals surface area contributed by atoms with Crippen LogP contribution in [-0.4, -0.2) is 20.9 Å². The summed E-state index contributed by atoms with van der Waals surface area (Å²) in [7, 11) is 0. The highest BCUT2D eigenvalue weighted by Crippen LogP contribution is 2.25. The van der Waals surface area contributed by atoms with Gasteiger partial charge in [-0.25, -0.2) is 19.2 Å². The summed E-state index contributed by atoms with van der Waals surface area (Å²) >= 11 is 1.39. The molecular weight excluding hydrogens is 393 g/mol. The van der Waals surface area contributed by atoms with Crippen LogP contribution in [0.1, 0.15) is 16.1 Å². The second kappa shape index (κ2) is 8.57. The molecule has 8 heteroatoms. The molecule has 0 fully saturated rings. The van der Waals surface area contributed by atoms with Crippen LogP contribution in [0.25, 0.3) is 10.6 Å². The van der Waals surface area contributed by atoms with E-state index in [1.165, 1.54) is 35.9 Å². The highest BCUT2D eigenvalue weighted by molar-refractivity contribution is 7.13. The van der Waals surface area contributed by atoms with Gasteiger partial charge in [-0.1, -0.05) is 0 Å². The van der Waals surface area contributed by atoms with Crippen LogP contribution in [0, 0.1) is 5.82 Å². The van der Waals surface area contributed by atoms with E-state index in [1.54, 1.807) is 48.0 Å². The van der Waals surface area contributed by atoms with Crippen molar-refractivity contribution in [3.05, 3.63) is 89.6 Å². The van der Waals surface area contributed by atoms with Gasteiger partial charge in [-0.2, -0.15) is 0 Å². The van der Waals surface area contributed by atoms with Crippen molar-refractivity contribution < 1.29 is 18.7 Å². The molecule has 3 heterocycles. The molecule has 0 aliphatic rings. The lowest BCUT2D eigenvalue weighted by atomic mass is 10.2. The van der Waals surface area contributed by atoms with Gasteiger partial charge in [-0.3, -0.25) is 4.98 Å². The van der Waals surface area contributed by atoms with Gasteiger partial charge in [0.25, 0.3) is 0 Å². The average Bonchev–Trinajstić information content (AvgIpc) is 3.23. The van der Waals surface area contributed by atoms with E-state index in [1.807, 2.05) is 0 Å². The van der Waals surface area contributed by atoms with Crippen molar-refractivity contribution in [1.29, 1.82) is 0 Å². The molecule has 6 nitrogen and oxygen atoms in total. The van der Waals surface area contributed by atoms with E-state index in [0.29, 0.717) is 11.4 Å². The van der Waals surface area contributed by atoms with Crippen LogP contribution in [0.3, 0.4) is 0 Å². The SMILES string of the molecule is O=C(OCc1csc(-c2ccc(F)cc2)n1)c1cccnc1Oc1cccnc1. The van der Waals surface area contributed by atoms with E-state index in [4.69, 9.17) is 9.47 Å². The van der Waals surface area contributed by atoms with Gasteiger partial charge >= 0.3 is 5.97 Å². The van der Waals surface area contributed by atoms with Gasteiger partial charge in [0.1, 0.15) is 28.7 Å². The molecule has 0 amide bonds. The van der Waals surface area contributed by atoms with E-state index >= 15 is 0 Å². The molecule has 0 N–H and O–H groups in total. The minimum atomic E-state index is -0.576. The quantitative estimate of drug-likeness (QED) is 0.424. The normalized spacial score (nSPS) is 10.5. The number of rotatable bonds is 6. The first-order valence-corrected chi connectivity index (χ1v) is 9.47. The number of carbonyl (C=O) groups is 1. The predicted octanol–water partition coefficient (Wildman–Crippen LogP) is 4.89. The standard InChI is InChI=1S/C21H14FN3O3S/c22-15-7-5-14(6-8-15)20-25-16(13-29-20)12-27-21(26)18-4-2-10-24-19(18)28-17-3-1-9-23-11-17/h1-11,13H,12H2. The number of halogens is 1. The fourth-order valence-corrected chi connectivity index (χ4v) is 3.27. The third-order valence-electron chi connectivity index (χ3n) is 3.83. The molecule has 0 spiro atoms. The summed E-state index contributed by atoms with van der Waals surface area (Å²) in [6, 6.07) is 12.7. The van der Waals surface area contributed by atoms with Crippen LogP contribution in [0.15, 0.2) is 72.5 Å². The van der Waals surface area contributed by atoms with Crippen LogP contribution in [0.2, 0.25) is 0 Å². The molecule has 3 aromatic heterocycles. The summed E-state index contributed by atoms with van der Waals surface area (Å²) < 4.78 is 24.1.